The third kappa shape index (κ3) is 2.89. The van der Waals surface area contributed by atoms with Crippen LogP contribution in [0.4, 0.5) is 5.82 Å². The predicted molar refractivity (Wildman–Crippen MR) is 79.4 cm³/mol. The Hall–Kier alpha value is -1.60. The second-order valence-corrected chi connectivity index (χ2v) is 5.74. The van der Waals surface area contributed by atoms with Crippen molar-refractivity contribution in [2.24, 2.45) is 17.6 Å². The van der Waals surface area contributed by atoms with Gasteiger partial charge in [0.25, 0.3) is 5.91 Å². The molecular formula is C13H19ClN4O3. The Morgan fingerprint density at radius 1 is 1.38 bits per heavy atom. The standard InChI is InChI=1S/C13H18N4O3.ClH/c14-10-3-1-2-8-6-16(7-9(8)10)13(18)11-4-5-12(15-11)17(19)20;/h4-5,8-10,15H,1-3,6-7,14H2;1H. The van der Waals surface area contributed by atoms with Crippen LogP contribution in [0.15, 0.2) is 12.1 Å². The van der Waals surface area contributed by atoms with E-state index >= 15 is 0 Å². The van der Waals surface area contributed by atoms with Crippen LogP contribution in [0.2, 0.25) is 0 Å². The van der Waals surface area contributed by atoms with Gasteiger partial charge in [0.05, 0.1) is 0 Å². The number of halogens is 1. The molecule has 1 aliphatic heterocycles. The first-order valence-corrected chi connectivity index (χ1v) is 6.94. The molecule has 116 valence electrons. The molecule has 7 nitrogen and oxygen atoms in total. The molecule has 0 aromatic carbocycles. The second-order valence-electron chi connectivity index (χ2n) is 5.74. The Kier molecular flexibility index (Phi) is 4.53. The van der Waals surface area contributed by atoms with Gasteiger partial charge >= 0.3 is 5.82 Å². The fourth-order valence-electron chi connectivity index (χ4n) is 3.47. The highest BCUT2D eigenvalue weighted by Gasteiger charge is 2.41. The summed E-state index contributed by atoms with van der Waals surface area (Å²) in [4.78, 5) is 26.8. The molecule has 1 aromatic heterocycles. The van der Waals surface area contributed by atoms with Crippen LogP contribution in [0.5, 0.6) is 0 Å². The summed E-state index contributed by atoms with van der Waals surface area (Å²) in [7, 11) is 0. The maximum Gasteiger partial charge on any atom is 0.321 e. The number of nitrogens with one attached hydrogen (secondary N) is 1. The summed E-state index contributed by atoms with van der Waals surface area (Å²) in [6, 6.07) is 2.97. The van der Waals surface area contributed by atoms with Gasteiger partial charge in [0.15, 0.2) is 5.69 Å². The average molecular weight is 315 g/mol. The number of likely N-dealkylation sites (tertiary alicyclic amines) is 1. The van der Waals surface area contributed by atoms with Crippen molar-refractivity contribution in [2.45, 2.75) is 25.3 Å². The van der Waals surface area contributed by atoms with Crippen LogP contribution in [-0.2, 0) is 0 Å². The van der Waals surface area contributed by atoms with Gasteiger partial charge in [-0.15, -0.1) is 12.4 Å². The van der Waals surface area contributed by atoms with Crippen LogP contribution in [0.25, 0.3) is 0 Å². The lowest BCUT2D eigenvalue weighted by atomic mass is 9.78. The Bertz CT molecular complexity index is 547. The van der Waals surface area contributed by atoms with Crippen molar-refractivity contribution in [2.75, 3.05) is 13.1 Å². The van der Waals surface area contributed by atoms with Gasteiger partial charge in [-0.3, -0.25) is 4.79 Å². The smallest absolute Gasteiger partial charge is 0.321 e. The number of aromatic amines is 1. The van der Waals surface area contributed by atoms with Crippen molar-refractivity contribution in [3.63, 3.8) is 0 Å². The van der Waals surface area contributed by atoms with Crippen LogP contribution in [0, 0.1) is 22.0 Å². The summed E-state index contributed by atoms with van der Waals surface area (Å²) < 4.78 is 0. The molecule has 3 N–H and O–H groups in total. The number of nitrogens with two attached hydrogens (primary N) is 1. The zero-order valence-electron chi connectivity index (χ0n) is 11.5. The topological polar surface area (TPSA) is 105 Å². The van der Waals surface area contributed by atoms with Crippen molar-refractivity contribution in [1.82, 2.24) is 9.88 Å². The minimum absolute atomic E-state index is 0. The number of nitrogens with zero attached hydrogens (tertiary/aromatic N) is 2. The summed E-state index contributed by atoms with van der Waals surface area (Å²) >= 11 is 0. The number of amides is 1. The lowest BCUT2D eigenvalue weighted by Gasteiger charge is -2.29. The quantitative estimate of drug-likeness (QED) is 0.638. The highest BCUT2D eigenvalue weighted by molar-refractivity contribution is 5.93. The third-order valence-electron chi connectivity index (χ3n) is 4.54. The van der Waals surface area contributed by atoms with Gasteiger partial charge in [0.1, 0.15) is 0 Å². The highest BCUT2D eigenvalue weighted by Crippen LogP contribution is 2.36. The van der Waals surface area contributed by atoms with Crippen molar-refractivity contribution in [3.8, 4) is 0 Å². The number of aromatic nitrogens is 1. The fourth-order valence-corrected chi connectivity index (χ4v) is 3.47. The molecular weight excluding hydrogens is 296 g/mol. The molecule has 8 heteroatoms. The zero-order valence-corrected chi connectivity index (χ0v) is 12.3. The van der Waals surface area contributed by atoms with Gasteiger partial charge < -0.3 is 20.7 Å². The lowest BCUT2D eigenvalue weighted by molar-refractivity contribution is -0.389. The Morgan fingerprint density at radius 2 is 2.14 bits per heavy atom. The summed E-state index contributed by atoms with van der Waals surface area (Å²) in [6.45, 7) is 1.38. The van der Waals surface area contributed by atoms with Crippen molar-refractivity contribution in [3.05, 3.63) is 27.9 Å². The van der Waals surface area contributed by atoms with Crippen molar-refractivity contribution in [1.29, 1.82) is 0 Å². The van der Waals surface area contributed by atoms with E-state index in [2.05, 4.69) is 4.98 Å². The van der Waals surface area contributed by atoms with E-state index in [1.807, 2.05) is 0 Å². The van der Waals surface area contributed by atoms with E-state index < -0.39 is 4.92 Å². The molecule has 0 bridgehead atoms. The van der Waals surface area contributed by atoms with E-state index in [1.54, 1.807) is 4.90 Å². The Morgan fingerprint density at radius 3 is 2.76 bits per heavy atom. The van der Waals surface area contributed by atoms with Gasteiger partial charge in [0, 0.05) is 25.2 Å². The summed E-state index contributed by atoms with van der Waals surface area (Å²) in [5, 5.41) is 10.6. The van der Waals surface area contributed by atoms with Crippen molar-refractivity contribution >= 4 is 24.1 Å². The van der Waals surface area contributed by atoms with Gasteiger partial charge in [0.2, 0.25) is 0 Å². The molecule has 2 aliphatic rings. The molecule has 2 heterocycles. The van der Waals surface area contributed by atoms with Gasteiger partial charge in [-0.05, 0) is 35.7 Å². The minimum atomic E-state index is -0.531. The molecule has 2 fully saturated rings. The first-order chi connectivity index (χ1) is 9.56. The molecule has 21 heavy (non-hydrogen) atoms. The molecule has 3 rings (SSSR count). The van der Waals surface area contributed by atoms with Crippen molar-refractivity contribution < 1.29 is 9.72 Å². The first kappa shape index (κ1) is 15.8. The number of fused-ring (bicyclic) bond motifs is 1. The maximum atomic E-state index is 12.4. The van der Waals surface area contributed by atoms with Gasteiger partial charge in [-0.25, -0.2) is 4.98 Å². The average Bonchev–Trinajstić information content (AvgIpc) is 3.05. The molecule has 0 radical (unpaired) electrons. The molecule has 1 saturated carbocycles. The normalized spacial score (nSPS) is 27.9. The maximum absolute atomic E-state index is 12.4. The minimum Gasteiger partial charge on any atom is -0.358 e. The molecule has 1 saturated heterocycles. The largest absolute Gasteiger partial charge is 0.358 e. The molecule has 3 atom stereocenters. The third-order valence-corrected chi connectivity index (χ3v) is 4.54. The van der Waals surface area contributed by atoms with Crippen LogP contribution in [0.1, 0.15) is 29.8 Å². The summed E-state index contributed by atoms with van der Waals surface area (Å²) in [5.74, 6) is 0.534. The van der Waals surface area contributed by atoms with Crippen LogP contribution in [-0.4, -0.2) is 39.8 Å². The molecule has 1 amide bonds. The molecule has 1 aliphatic carbocycles. The van der Waals surface area contributed by atoms with Crippen LogP contribution in [0.3, 0.4) is 0 Å². The van der Waals surface area contributed by atoms with E-state index in [0.29, 0.717) is 24.9 Å². The zero-order chi connectivity index (χ0) is 14.3. The van der Waals surface area contributed by atoms with Crippen LogP contribution < -0.4 is 5.73 Å². The van der Waals surface area contributed by atoms with E-state index in [-0.39, 0.29) is 35.9 Å². The number of nitro groups is 1. The number of carbonyl (C=O) groups is 1. The van der Waals surface area contributed by atoms with E-state index in [4.69, 9.17) is 5.73 Å². The second kappa shape index (κ2) is 6.03. The number of rotatable bonds is 2. The van der Waals surface area contributed by atoms with Crippen LogP contribution >= 0.6 is 12.4 Å². The first-order valence-electron chi connectivity index (χ1n) is 6.94. The molecule has 3 unspecified atom stereocenters. The SMILES string of the molecule is Cl.NC1CCCC2CN(C(=O)c3ccc([N+](=O)[O-])[nH]3)CC12. The van der Waals surface area contributed by atoms with Gasteiger partial charge in [-0.2, -0.15) is 0 Å². The monoisotopic (exact) mass is 314 g/mol. The van der Waals surface area contributed by atoms with E-state index in [0.717, 1.165) is 19.3 Å². The molecule has 1 aromatic rings. The van der Waals surface area contributed by atoms with E-state index in [1.165, 1.54) is 12.1 Å². The summed E-state index contributed by atoms with van der Waals surface area (Å²) in [6.07, 6.45) is 3.27. The lowest BCUT2D eigenvalue weighted by Crippen LogP contribution is -2.38. The predicted octanol–water partition coefficient (Wildman–Crippen LogP) is 1.54. The van der Waals surface area contributed by atoms with E-state index in [9.17, 15) is 14.9 Å². The fraction of sp³-hybridized carbons (Fsp3) is 0.615. The number of carbonyl (C=O) groups excluding carboxylic acids is 1. The Labute approximate surface area is 128 Å². The Balaban J connectivity index is 0.00000161. The highest BCUT2D eigenvalue weighted by atomic mass is 35.5. The van der Waals surface area contributed by atoms with Gasteiger partial charge in [-0.1, -0.05) is 6.42 Å². The number of H-pyrrole nitrogens is 1. The summed E-state index contributed by atoms with van der Waals surface area (Å²) in [5.41, 5.74) is 6.41. The number of hydrogen-bond acceptors (Lipinski definition) is 4. The number of hydrogen-bond donors (Lipinski definition) is 2. The molecule has 0 spiro atoms.